The summed E-state index contributed by atoms with van der Waals surface area (Å²) >= 11 is 0. The zero-order chi connectivity index (χ0) is 12.8. The highest BCUT2D eigenvalue weighted by Gasteiger charge is 2.08. The lowest BCUT2D eigenvalue weighted by molar-refractivity contribution is 0.192. The van der Waals surface area contributed by atoms with Crippen LogP contribution in [0.2, 0.25) is 0 Å². The molecule has 0 aromatic carbocycles. The Labute approximate surface area is 104 Å². The molecule has 1 aromatic rings. The average Bonchev–Trinajstić information content (AvgIpc) is 2.28. The number of nitrogens with two attached hydrogens (primary N) is 1. The van der Waals surface area contributed by atoms with Gasteiger partial charge in [0.1, 0.15) is 5.75 Å². The summed E-state index contributed by atoms with van der Waals surface area (Å²) in [4.78, 5) is 4.33. The van der Waals surface area contributed by atoms with E-state index in [9.17, 15) is 0 Å². The summed E-state index contributed by atoms with van der Waals surface area (Å²) in [7, 11) is 0. The molecule has 2 N–H and O–H groups in total. The van der Waals surface area contributed by atoms with Crippen molar-refractivity contribution in [2.24, 2.45) is 11.7 Å². The smallest absolute Gasteiger partial charge is 0.138 e. The van der Waals surface area contributed by atoms with Gasteiger partial charge in [0.15, 0.2) is 0 Å². The first-order valence-corrected chi connectivity index (χ1v) is 6.41. The van der Waals surface area contributed by atoms with E-state index < -0.39 is 0 Å². The van der Waals surface area contributed by atoms with Crippen molar-refractivity contribution in [3.05, 3.63) is 24.0 Å². The van der Waals surface area contributed by atoms with Gasteiger partial charge in [0, 0.05) is 6.04 Å². The Balaban J connectivity index is 2.56. The first-order chi connectivity index (χ1) is 8.02. The molecule has 0 fully saturated rings. The highest BCUT2D eigenvalue weighted by atomic mass is 16.5. The first kappa shape index (κ1) is 14.0. The number of hydrogen-bond acceptors (Lipinski definition) is 3. The van der Waals surface area contributed by atoms with Crippen LogP contribution in [0.5, 0.6) is 5.75 Å². The summed E-state index contributed by atoms with van der Waals surface area (Å²) in [6.07, 6.45) is 3.94. The van der Waals surface area contributed by atoms with Crippen molar-refractivity contribution in [3.63, 3.8) is 0 Å². The number of aromatic nitrogens is 1. The van der Waals surface area contributed by atoms with Crippen molar-refractivity contribution >= 4 is 0 Å². The maximum atomic E-state index is 5.91. The van der Waals surface area contributed by atoms with E-state index in [0.717, 1.165) is 24.3 Å². The highest BCUT2D eigenvalue weighted by molar-refractivity contribution is 5.21. The van der Waals surface area contributed by atoms with Gasteiger partial charge in [0.2, 0.25) is 0 Å². The number of ether oxygens (including phenoxy) is 1. The monoisotopic (exact) mass is 236 g/mol. The Morgan fingerprint density at radius 3 is 2.47 bits per heavy atom. The molecule has 0 saturated heterocycles. The van der Waals surface area contributed by atoms with Crippen molar-refractivity contribution in [1.82, 2.24) is 4.98 Å². The molecule has 3 heteroatoms. The van der Waals surface area contributed by atoms with E-state index in [1.165, 1.54) is 0 Å². The molecule has 3 nitrogen and oxygen atoms in total. The Hall–Kier alpha value is -1.09. The van der Waals surface area contributed by atoms with Crippen molar-refractivity contribution in [3.8, 4) is 5.75 Å². The predicted molar refractivity (Wildman–Crippen MR) is 71.0 cm³/mol. The molecule has 0 aliphatic heterocycles. The van der Waals surface area contributed by atoms with Gasteiger partial charge < -0.3 is 10.5 Å². The van der Waals surface area contributed by atoms with Gasteiger partial charge >= 0.3 is 0 Å². The van der Waals surface area contributed by atoms with Gasteiger partial charge in [-0.25, -0.2) is 0 Å². The molecular formula is C14H24N2O. The zero-order valence-corrected chi connectivity index (χ0v) is 11.3. The maximum Gasteiger partial charge on any atom is 0.138 e. The molecule has 1 aromatic heterocycles. The third-order valence-corrected chi connectivity index (χ3v) is 2.72. The number of pyridine rings is 1. The van der Waals surface area contributed by atoms with Gasteiger partial charge in [0.25, 0.3) is 0 Å². The SMILES string of the molecule is CC[C@H](N)c1ccc(OC(C)CC(C)C)cn1. The summed E-state index contributed by atoms with van der Waals surface area (Å²) < 4.78 is 5.79. The molecule has 0 aliphatic rings. The summed E-state index contributed by atoms with van der Waals surface area (Å²) in [5.74, 6) is 1.47. The average molecular weight is 236 g/mol. The van der Waals surface area contributed by atoms with E-state index in [2.05, 4.69) is 32.7 Å². The quantitative estimate of drug-likeness (QED) is 0.824. The highest BCUT2D eigenvalue weighted by Crippen LogP contribution is 2.18. The van der Waals surface area contributed by atoms with Crippen LogP contribution in [0.1, 0.15) is 52.3 Å². The molecular weight excluding hydrogens is 212 g/mol. The molecule has 1 unspecified atom stereocenters. The van der Waals surface area contributed by atoms with E-state index in [0.29, 0.717) is 5.92 Å². The largest absolute Gasteiger partial charge is 0.489 e. The second kappa shape index (κ2) is 6.60. The van der Waals surface area contributed by atoms with Crippen molar-refractivity contribution in [1.29, 1.82) is 0 Å². The summed E-state index contributed by atoms with van der Waals surface area (Å²) in [5.41, 5.74) is 6.84. The van der Waals surface area contributed by atoms with Crippen LogP contribution >= 0.6 is 0 Å². The fourth-order valence-electron chi connectivity index (χ4n) is 1.83. The third kappa shape index (κ3) is 4.73. The number of rotatable bonds is 6. The van der Waals surface area contributed by atoms with Crippen LogP contribution in [0.15, 0.2) is 18.3 Å². The van der Waals surface area contributed by atoms with E-state index in [-0.39, 0.29) is 12.1 Å². The van der Waals surface area contributed by atoms with E-state index in [4.69, 9.17) is 10.5 Å². The van der Waals surface area contributed by atoms with E-state index >= 15 is 0 Å². The Morgan fingerprint density at radius 2 is 2.00 bits per heavy atom. The van der Waals surface area contributed by atoms with Crippen LogP contribution in [0, 0.1) is 5.92 Å². The normalized spacial score (nSPS) is 14.7. The Kier molecular flexibility index (Phi) is 5.42. The van der Waals surface area contributed by atoms with Crippen LogP contribution in [0.25, 0.3) is 0 Å². The molecule has 0 bridgehead atoms. The first-order valence-electron chi connectivity index (χ1n) is 6.41. The standard InChI is InChI=1S/C14H24N2O/c1-5-13(15)14-7-6-12(9-16-14)17-11(4)8-10(2)3/h6-7,9-11,13H,5,8,15H2,1-4H3/t11?,13-/m0/s1. The van der Waals surface area contributed by atoms with Gasteiger partial charge in [-0.1, -0.05) is 20.8 Å². The molecule has 17 heavy (non-hydrogen) atoms. The predicted octanol–water partition coefficient (Wildman–Crippen LogP) is 3.30. The molecule has 0 amide bonds. The molecule has 2 atom stereocenters. The van der Waals surface area contributed by atoms with Gasteiger partial charge in [-0.05, 0) is 37.8 Å². The van der Waals surface area contributed by atoms with Gasteiger partial charge in [-0.3, -0.25) is 4.98 Å². The lowest BCUT2D eigenvalue weighted by Crippen LogP contribution is -2.15. The zero-order valence-electron chi connectivity index (χ0n) is 11.3. The van der Waals surface area contributed by atoms with Crippen LogP contribution in [0.4, 0.5) is 0 Å². The maximum absolute atomic E-state index is 5.91. The van der Waals surface area contributed by atoms with Gasteiger partial charge in [0.05, 0.1) is 18.0 Å². The fraction of sp³-hybridized carbons (Fsp3) is 0.643. The molecule has 0 aliphatic carbocycles. The Morgan fingerprint density at radius 1 is 1.29 bits per heavy atom. The minimum Gasteiger partial charge on any atom is -0.489 e. The molecule has 1 rings (SSSR count). The van der Waals surface area contributed by atoms with Gasteiger partial charge in [-0.15, -0.1) is 0 Å². The van der Waals surface area contributed by atoms with Crippen molar-refractivity contribution in [2.45, 2.75) is 52.7 Å². The minimum atomic E-state index is 0.0251. The molecule has 96 valence electrons. The Bertz CT molecular complexity index is 321. The summed E-state index contributed by atoms with van der Waals surface area (Å²) in [5, 5.41) is 0. The molecule has 1 heterocycles. The van der Waals surface area contributed by atoms with Gasteiger partial charge in [-0.2, -0.15) is 0 Å². The van der Waals surface area contributed by atoms with Crippen molar-refractivity contribution < 1.29 is 4.74 Å². The second-order valence-corrected chi connectivity index (χ2v) is 4.99. The van der Waals surface area contributed by atoms with Crippen LogP contribution in [-0.4, -0.2) is 11.1 Å². The minimum absolute atomic E-state index is 0.0251. The van der Waals surface area contributed by atoms with Crippen LogP contribution < -0.4 is 10.5 Å². The van der Waals surface area contributed by atoms with Crippen molar-refractivity contribution in [2.75, 3.05) is 0 Å². The number of nitrogens with zero attached hydrogens (tertiary/aromatic N) is 1. The third-order valence-electron chi connectivity index (χ3n) is 2.72. The molecule has 0 radical (unpaired) electrons. The fourth-order valence-corrected chi connectivity index (χ4v) is 1.83. The van der Waals surface area contributed by atoms with E-state index in [1.807, 2.05) is 12.1 Å². The van der Waals surface area contributed by atoms with Crippen LogP contribution in [0.3, 0.4) is 0 Å². The lowest BCUT2D eigenvalue weighted by atomic mass is 10.1. The van der Waals surface area contributed by atoms with Crippen LogP contribution in [-0.2, 0) is 0 Å². The summed E-state index contributed by atoms with van der Waals surface area (Å²) in [6.45, 7) is 8.54. The lowest BCUT2D eigenvalue weighted by Gasteiger charge is -2.17. The number of hydrogen-bond donors (Lipinski definition) is 1. The molecule has 0 spiro atoms. The summed E-state index contributed by atoms with van der Waals surface area (Å²) in [6, 6.07) is 3.93. The molecule has 0 saturated carbocycles. The topological polar surface area (TPSA) is 48.1 Å². The second-order valence-electron chi connectivity index (χ2n) is 4.99. The van der Waals surface area contributed by atoms with E-state index in [1.54, 1.807) is 6.20 Å².